The monoisotopic (exact) mass is 265 g/mol. The molecule has 0 amide bonds. The van der Waals surface area contributed by atoms with Gasteiger partial charge in [0.2, 0.25) is 0 Å². The van der Waals surface area contributed by atoms with Crippen molar-refractivity contribution >= 4 is 12.4 Å². The summed E-state index contributed by atoms with van der Waals surface area (Å²) in [5.74, 6) is 0.165. The quantitative estimate of drug-likeness (QED) is 0.796. The van der Waals surface area contributed by atoms with Crippen LogP contribution in [0.2, 0.25) is 0 Å². The third kappa shape index (κ3) is 2.59. The van der Waals surface area contributed by atoms with Crippen molar-refractivity contribution in [3.05, 3.63) is 58.0 Å². The van der Waals surface area contributed by atoms with Crippen LogP contribution in [-0.4, -0.2) is 9.66 Å². The van der Waals surface area contributed by atoms with Crippen LogP contribution in [0, 0.1) is 18.8 Å². The molecule has 0 N–H and O–H groups in total. The highest BCUT2D eigenvalue weighted by molar-refractivity contribution is 5.85. The first-order valence-electron chi connectivity index (χ1n) is 5.57. The fourth-order valence-electron chi connectivity index (χ4n) is 2.00. The minimum absolute atomic E-state index is 0. The van der Waals surface area contributed by atoms with Crippen LogP contribution in [0.15, 0.2) is 36.0 Å². The zero-order chi connectivity index (χ0) is 12.4. The molecule has 0 aliphatic rings. The highest BCUT2D eigenvalue weighted by Gasteiger charge is 2.14. The fraction of sp³-hybridized carbons (Fsp3) is 0.308. The fourth-order valence-corrected chi connectivity index (χ4v) is 2.00. The van der Waals surface area contributed by atoms with Gasteiger partial charge >= 0.3 is 0 Å². The summed E-state index contributed by atoms with van der Waals surface area (Å²) in [5, 5.41) is 2.81. The Morgan fingerprint density at radius 1 is 1.33 bits per heavy atom. The average molecular weight is 266 g/mol. The third-order valence-electron chi connectivity index (χ3n) is 3.24. The van der Waals surface area contributed by atoms with E-state index in [2.05, 4.69) is 43.2 Å². The van der Waals surface area contributed by atoms with Gasteiger partial charge < -0.3 is 0 Å². The summed E-state index contributed by atoms with van der Waals surface area (Å²) >= 11 is 0. The molecule has 0 aliphatic heterocycles. The predicted molar refractivity (Wildman–Crippen MR) is 74.1 cm³/mol. The number of aryl methyl sites for hydroxylation is 1. The molecular formula is C13H16ClN3O. The van der Waals surface area contributed by atoms with E-state index in [1.165, 1.54) is 27.7 Å². The molecule has 2 aromatic rings. The molecule has 1 atom stereocenters. The first kappa shape index (κ1) is 14.4. The van der Waals surface area contributed by atoms with Crippen LogP contribution in [0.1, 0.15) is 35.2 Å². The minimum atomic E-state index is 0. The van der Waals surface area contributed by atoms with Gasteiger partial charge in [0.25, 0.3) is 0 Å². The Morgan fingerprint density at radius 2 is 2.06 bits per heavy atom. The van der Waals surface area contributed by atoms with Crippen molar-refractivity contribution in [3.63, 3.8) is 0 Å². The van der Waals surface area contributed by atoms with Gasteiger partial charge in [0, 0.05) is 5.92 Å². The van der Waals surface area contributed by atoms with Gasteiger partial charge in [-0.05, 0) is 30.5 Å². The van der Waals surface area contributed by atoms with Crippen LogP contribution in [0.3, 0.4) is 0 Å². The Balaban J connectivity index is 0.00000162. The van der Waals surface area contributed by atoms with Gasteiger partial charge in [-0.2, -0.15) is 4.68 Å². The zero-order valence-corrected chi connectivity index (χ0v) is 11.4. The number of imidazole rings is 1. The van der Waals surface area contributed by atoms with Crippen molar-refractivity contribution in [1.82, 2.24) is 9.66 Å². The Labute approximate surface area is 112 Å². The first-order valence-corrected chi connectivity index (χ1v) is 5.57. The lowest BCUT2D eigenvalue weighted by Crippen LogP contribution is -2.00. The number of nitroso groups, excluding NO2 is 1. The Hall–Kier alpha value is -1.68. The van der Waals surface area contributed by atoms with Gasteiger partial charge in [0.05, 0.1) is 17.2 Å². The number of nitrogens with zero attached hydrogens (tertiary/aromatic N) is 3. The number of aromatic nitrogens is 2. The molecule has 0 saturated heterocycles. The van der Waals surface area contributed by atoms with Gasteiger partial charge in [-0.15, -0.1) is 17.3 Å². The molecule has 4 nitrogen and oxygen atoms in total. The molecule has 0 radical (unpaired) electrons. The molecule has 2 rings (SSSR count). The maximum atomic E-state index is 10.4. The zero-order valence-electron chi connectivity index (χ0n) is 10.6. The molecule has 1 aromatic carbocycles. The van der Waals surface area contributed by atoms with Gasteiger partial charge in [0.1, 0.15) is 6.33 Å². The minimum Gasteiger partial charge on any atom is -0.239 e. The van der Waals surface area contributed by atoms with Crippen molar-refractivity contribution in [3.8, 4) is 0 Å². The van der Waals surface area contributed by atoms with E-state index >= 15 is 0 Å². The lowest BCUT2D eigenvalue weighted by Gasteiger charge is -2.14. The molecule has 0 bridgehead atoms. The molecule has 96 valence electrons. The van der Waals surface area contributed by atoms with Crippen LogP contribution in [0.5, 0.6) is 0 Å². The molecular weight excluding hydrogens is 250 g/mol. The van der Waals surface area contributed by atoms with E-state index < -0.39 is 0 Å². The molecule has 0 saturated carbocycles. The Morgan fingerprint density at radius 3 is 2.67 bits per heavy atom. The number of halogens is 1. The van der Waals surface area contributed by atoms with Gasteiger partial charge in [-0.1, -0.05) is 25.1 Å². The average Bonchev–Trinajstić information content (AvgIpc) is 2.80. The van der Waals surface area contributed by atoms with E-state index in [4.69, 9.17) is 0 Å². The van der Waals surface area contributed by atoms with E-state index in [1.807, 2.05) is 6.07 Å². The summed E-state index contributed by atoms with van der Waals surface area (Å²) in [6, 6.07) is 6.24. The summed E-state index contributed by atoms with van der Waals surface area (Å²) in [5.41, 5.74) is 4.63. The van der Waals surface area contributed by atoms with E-state index in [9.17, 15) is 4.91 Å². The number of hydrogen-bond donors (Lipinski definition) is 0. The summed E-state index contributed by atoms with van der Waals surface area (Å²) in [6.07, 6.45) is 3.10. The van der Waals surface area contributed by atoms with Crippen molar-refractivity contribution < 1.29 is 0 Å². The Kier molecular flexibility index (Phi) is 4.62. The van der Waals surface area contributed by atoms with Crippen molar-refractivity contribution in [1.29, 1.82) is 0 Å². The second kappa shape index (κ2) is 5.78. The molecule has 0 unspecified atom stereocenters. The predicted octanol–water partition coefficient (Wildman–Crippen LogP) is 3.60. The second-order valence-corrected chi connectivity index (χ2v) is 4.27. The van der Waals surface area contributed by atoms with Gasteiger partial charge in [-0.25, -0.2) is 4.98 Å². The molecule has 0 spiro atoms. The summed E-state index contributed by atoms with van der Waals surface area (Å²) < 4.78 is 1.19. The first-order chi connectivity index (χ1) is 8.13. The standard InChI is InChI=1S/C13H15N3O.ClH/c1-9-5-4-6-12(10(9)2)11(3)13-7-16(15-17)8-14-13;/h4-8,11H,1-3H3;1H/t11-;/m0./s1. The molecule has 1 heterocycles. The number of rotatable bonds is 3. The Bertz CT molecular complexity index is 551. The van der Waals surface area contributed by atoms with Crippen LogP contribution in [0.25, 0.3) is 0 Å². The highest BCUT2D eigenvalue weighted by atomic mass is 35.5. The normalized spacial score (nSPS) is 11.7. The van der Waals surface area contributed by atoms with Gasteiger partial charge in [-0.3, -0.25) is 0 Å². The SMILES string of the molecule is Cc1cccc([C@H](C)c2cn(N=O)cn2)c1C.Cl. The smallest absolute Gasteiger partial charge is 0.120 e. The molecule has 5 heteroatoms. The maximum absolute atomic E-state index is 10.4. The van der Waals surface area contributed by atoms with Crippen LogP contribution >= 0.6 is 12.4 Å². The number of benzene rings is 1. The van der Waals surface area contributed by atoms with E-state index in [-0.39, 0.29) is 18.3 Å². The molecule has 1 aromatic heterocycles. The summed E-state index contributed by atoms with van der Waals surface area (Å²) in [4.78, 5) is 14.6. The van der Waals surface area contributed by atoms with E-state index in [1.54, 1.807) is 6.20 Å². The topological polar surface area (TPSA) is 47.2 Å². The maximum Gasteiger partial charge on any atom is 0.120 e. The van der Waals surface area contributed by atoms with Crippen LogP contribution in [0.4, 0.5) is 0 Å². The lowest BCUT2D eigenvalue weighted by molar-refractivity contribution is 0.850. The van der Waals surface area contributed by atoms with Gasteiger partial charge in [0.15, 0.2) is 0 Å². The molecule has 18 heavy (non-hydrogen) atoms. The van der Waals surface area contributed by atoms with E-state index in [0.717, 1.165) is 5.69 Å². The van der Waals surface area contributed by atoms with Crippen LogP contribution < -0.4 is 0 Å². The highest BCUT2D eigenvalue weighted by Crippen LogP contribution is 2.26. The number of hydrogen-bond acceptors (Lipinski definition) is 3. The van der Waals surface area contributed by atoms with Crippen molar-refractivity contribution in [2.75, 3.05) is 0 Å². The largest absolute Gasteiger partial charge is 0.239 e. The van der Waals surface area contributed by atoms with Crippen LogP contribution in [-0.2, 0) is 0 Å². The third-order valence-corrected chi connectivity index (χ3v) is 3.24. The van der Waals surface area contributed by atoms with Crippen molar-refractivity contribution in [2.24, 2.45) is 5.29 Å². The molecule has 0 aliphatic carbocycles. The second-order valence-electron chi connectivity index (χ2n) is 4.27. The van der Waals surface area contributed by atoms with E-state index in [0.29, 0.717) is 0 Å². The summed E-state index contributed by atoms with van der Waals surface area (Å²) in [7, 11) is 0. The van der Waals surface area contributed by atoms with Crippen molar-refractivity contribution in [2.45, 2.75) is 26.7 Å². The lowest BCUT2D eigenvalue weighted by atomic mass is 9.92. The molecule has 0 fully saturated rings. The summed E-state index contributed by atoms with van der Waals surface area (Å²) in [6.45, 7) is 6.28.